The van der Waals surface area contributed by atoms with Crippen LogP contribution in [0.15, 0.2) is 47.4 Å². The molecule has 0 radical (unpaired) electrons. The lowest BCUT2D eigenvalue weighted by molar-refractivity contribution is 0.130. The molecule has 1 aliphatic heterocycles. The Hall–Kier alpha value is -2.97. The van der Waals surface area contributed by atoms with Crippen LogP contribution in [0, 0.1) is 17.8 Å². The fourth-order valence-electron chi connectivity index (χ4n) is 3.35. The summed E-state index contributed by atoms with van der Waals surface area (Å²) in [6.45, 7) is 1.35. The standard InChI is InChI=1S/C21H19N3O2/c1-26-14-16-7-10-20-23-19-12-15(5-8-17-4-2-3-11-22-17)6-9-18(19)21(25)24(20)13-16/h2-4,6,9,11-12,16H,7,10,13-14H2,1H3. The lowest BCUT2D eigenvalue weighted by Crippen LogP contribution is -2.34. The number of hydrogen-bond acceptors (Lipinski definition) is 4. The number of aryl methyl sites for hydroxylation is 1. The fraction of sp³-hybridized carbons (Fsp3) is 0.286. The molecule has 0 fully saturated rings. The fourth-order valence-corrected chi connectivity index (χ4v) is 3.35. The van der Waals surface area contributed by atoms with Gasteiger partial charge in [-0.15, -0.1) is 0 Å². The van der Waals surface area contributed by atoms with Crippen LogP contribution in [0.4, 0.5) is 0 Å². The van der Waals surface area contributed by atoms with Crippen molar-refractivity contribution in [2.75, 3.05) is 13.7 Å². The molecule has 3 aromatic rings. The highest BCUT2D eigenvalue weighted by Gasteiger charge is 2.21. The van der Waals surface area contributed by atoms with Gasteiger partial charge in [0.2, 0.25) is 0 Å². The van der Waals surface area contributed by atoms with Crippen LogP contribution in [0.2, 0.25) is 0 Å². The number of nitrogens with zero attached hydrogens (tertiary/aromatic N) is 3. The highest BCUT2D eigenvalue weighted by molar-refractivity contribution is 5.79. The molecule has 0 saturated heterocycles. The van der Waals surface area contributed by atoms with Crippen molar-refractivity contribution >= 4 is 10.9 Å². The molecule has 4 rings (SSSR count). The Kier molecular flexibility index (Phi) is 4.51. The summed E-state index contributed by atoms with van der Waals surface area (Å²) in [6, 6.07) is 11.2. The number of aromatic nitrogens is 3. The first-order chi connectivity index (χ1) is 12.7. The molecular weight excluding hydrogens is 326 g/mol. The lowest BCUT2D eigenvalue weighted by atomic mass is 9.99. The number of hydrogen-bond donors (Lipinski definition) is 0. The summed E-state index contributed by atoms with van der Waals surface area (Å²) >= 11 is 0. The molecule has 0 spiro atoms. The summed E-state index contributed by atoms with van der Waals surface area (Å²) in [5.41, 5.74) is 2.28. The predicted octanol–water partition coefficient (Wildman–Crippen LogP) is 2.40. The van der Waals surface area contributed by atoms with Gasteiger partial charge in [-0.1, -0.05) is 12.0 Å². The van der Waals surface area contributed by atoms with E-state index in [1.807, 2.05) is 36.4 Å². The van der Waals surface area contributed by atoms with E-state index in [-0.39, 0.29) is 5.56 Å². The third-order valence-electron chi connectivity index (χ3n) is 4.65. The van der Waals surface area contributed by atoms with Crippen molar-refractivity contribution in [2.45, 2.75) is 19.4 Å². The van der Waals surface area contributed by atoms with Crippen LogP contribution in [0.1, 0.15) is 23.5 Å². The average molecular weight is 345 g/mol. The van der Waals surface area contributed by atoms with Crippen LogP contribution < -0.4 is 5.56 Å². The zero-order chi connectivity index (χ0) is 17.9. The van der Waals surface area contributed by atoms with E-state index in [1.165, 1.54) is 0 Å². The molecule has 130 valence electrons. The van der Waals surface area contributed by atoms with E-state index in [1.54, 1.807) is 17.9 Å². The summed E-state index contributed by atoms with van der Waals surface area (Å²) < 4.78 is 7.05. The molecule has 1 aromatic carbocycles. The monoisotopic (exact) mass is 345 g/mol. The summed E-state index contributed by atoms with van der Waals surface area (Å²) in [4.78, 5) is 21.8. The molecule has 3 heterocycles. The number of benzene rings is 1. The van der Waals surface area contributed by atoms with Crippen LogP contribution in [-0.4, -0.2) is 28.3 Å². The first-order valence-electron chi connectivity index (χ1n) is 8.70. The Bertz CT molecular complexity index is 1060. The van der Waals surface area contributed by atoms with E-state index in [4.69, 9.17) is 9.72 Å². The molecule has 1 unspecified atom stereocenters. The predicted molar refractivity (Wildman–Crippen MR) is 99.9 cm³/mol. The molecule has 1 atom stereocenters. The van der Waals surface area contributed by atoms with Gasteiger partial charge >= 0.3 is 0 Å². The Morgan fingerprint density at radius 2 is 2.19 bits per heavy atom. The van der Waals surface area contributed by atoms with Crippen LogP contribution in [0.5, 0.6) is 0 Å². The topological polar surface area (TPSA) is 57.0 Å². The van der Waals surface area contributed by atoms with Gasteiger partial charge in [0, 0.05) is 37.8 Å². The summed E-state index contributed by atoms with van der Waals surface area (Å²) in [5.74, 6) is 7.35. The highest BCUT2D eigenvalue weighted by atomic mass is 16.5. The van der Waals surface area contributed by atoms with Crippen molar-refractivity contribution in [1.82, 2.24) is 14.5 Å². The Balaban J connectivity index is 1.71. The highest BCUT2D eigenvalue weighted by Crippen LogP contribution is 2.20. The zero-order valence-corrected chi connectivity index (χ0v) is 14.6. The minimum atomic E-state index is 0.0232. The quantitative estimate of drug-likeness (QED) is 0.669. The minimum absolute atomic E-state index is 0.0232. The van der Waals surface area contributed by atoms with E-state index >= 15 is 0 Å². The van der Waals surface area contributed by atoms with Gasteiger partial charge in [0.1, 0.15) is 11.5 Å². The number of rotatable bonds is 2. The van der Waals surface area contributed by atoms with Crippen molar-refractivity contribution in [3.63, 3.8) is 0 Å². The number of methoxy groups -OCH3 is 1. The molecule has 5 nitrogen and oxygen atoms in total. The van der Waals surface area contributed by atoms with Gasteiger partial charge in [-0.25, -0.2) is 9.97 Å². The van der Waals surface area contributed by atoms with Gasteiger partial charge in [0.25, 0.3) is 5.56 Å². The third kappa shape index (κ3) is 3.24. The van der Waals surface area contributed by atoms with Crippen molar-refractivity contribution in [2.24, 2.45) is 5.92 Å². The Morgan fingerprint density at radius 1 is 1.27 bits per heavy atom. The lowest BCUT2D eigenvalue weighted by Gasteiger charge is -2.25. The van der Waals surface area contributed by atoms with Gasteiger partial charge < -0.3 is 4.74 Å². The minimum Gasteiger partial charge on any atom is -0.384 e. The van der Waals surface area contributed by atoms with Crippen LogP contribution in [0.25, 0.3) is 10.9 Å². The second-order valence-corrected chi connectivity index (χ2v) is 6.50. The number of ether oxygens (including phenoxy) is 1. The van der Waals surface area contributed by atoms with Crippen LogP contribution >= 0.6 is 0 Å². The average Bonchev–Trinajstić information content (AvgIpc) is 2.68. The van der Waals surface area contributed by atoms with Crippen molar-refractivity contribution in [3.05, 3.63) is 70.0 Å². The number of fused-ring (bicyclic) bond motifs is 2. The second-order valence-electron chi connectivity index (χ2n) is 6.50. The largest absolute Gasteiger partial charge is 0.384 e. The first-order valence-corrected chi connectivity index (χ1v) is 8.70. The summed E-state index contributed by atoms with van der Waals surface area (Å²) in [6.07, 6.45) is 3.50. The molecule has 26 heavy (non-hydrogen) atoms. The summed E-state index contributed by atoms with van der Waals surface area (Å²) in [5, 5.41) is 0.634. The maximum absolute atomic E-state index is 12.8. The first kappa shape index (κ1) is 16.5. The van der Waals surface area contributed by atoms with Crippen LogP contribution in [-0.2, 0) is 17.7 Å². The SMILES string of the molecule is COCC1CCc2nc3cc(C#Cc4ccccn4)ccc3c(=O)n2C1. The van der Waals surface area contributed by atoms with E-state index in [0.717, 1.165) is 29.9 Å². The molecule has 2 aromatic heterocycles. The van der Waals surface area contributed by atoms with Gasteiger partial charge in [-0.05, 0) is 42.7 Å². The molecule has 0 saturated carbocycles. The molecular formula is C21H19N3O2. The van der Waals surface area contributed by atoms with E-state index < -0.39 is 0 Å². The van der Waals surface area contributed by atoms with Crippen molar-refractivity contribution in [3.8, 4) is 11.8 Å². The maximum atomic E-state index is 12.8. The normalized spacial score (nSPS) is 16.0. The Labute approximate surface area is 151 Å². The second kappa shape index (κ2) is 7.11. The molecule has 0 bridgehead atoms. The molecule has 5 heteroatoms. The third-order valence-corrected chi connectivity index (χ3v) is 4.65. The van der Waals surface area contributed by atoms with Crippen LogP contribution in [0.3, 0.4) is 0 Å². The number of pyridine rings is 1. The van der Waals surface area contributed by atoms with Crippen molar-refractivity contribution in [1.29, 1.82) is 0 Å². The van der Waals surface area contributed by atoms with Gasteiger partial charge in [0.05, 0.1) is 17.5 Å². The smallest absolute Gasteiger partial charge is 0.261 e. The van der Waals surface area contributed by atoms with Gasteiger partial charge in [0.15, 0.2) is 0 Å². The van der Waals surface area contributed by atoms with E-state index in [0.29, 0.717) is 30.0 Å². The molecule has 0 amide bonds. The summed E-state index contributed by atoms with van der Waals surface area (Å²) in [7, 11) is 1.70. The van der Waals surface area contributed by atoms with E-state index in [9.17, 15) is 4.79 Å². The maximum Gasteiger partial charge on any atom is 0.261 e. The van der Waals surface area contributed by atoms with E-state index in [2.05, 4.69) is 16.8 Å². The molecule has 1 aliphatic rings. The van der Waals surface area contributed by atoms with Gasteiger partial charge in [-0.2, -0.15) is 0 Å². The van der Waals surface area contributed by atoms with Crippen molar-refractivity contribution < 1.29 is 4.74 Å². The molecule has 0 N–H and O–H groups in total. The molecule has 0 aliphatic carbocycles. The Morgan fingerprint density at radius 3 is 3.00 bits per heavy atom. The van der Waals surface area contributed by atoms with Gasteiger partial charge in [-0.3, -0.25) is 9.36 Å². The zero-order valence-electron chi connectivity index (χ0n) is 14.6.